The van der Waals surface area contributed by atoms with Crippen molar-refractivity contribution in [2.75, 3.05) is 0 Å². The van der Waals surface area contributed by atoms with E-state index in [1.165, 1.54) is 5.57 Å². The highest BCUT2D eigenvalue weighted by Crippen LogP contribution is 2.67. The van der Waals surface area contributed by atoms with Crippen molar-refractivity contribution in [1.82, 2.24) is 0 Å². The van der Waals surface area contributed by atoms with Crippen molar-refractivity contribution in [2.45, 2.75) is 97.5 Å². The maximum atomic E-state index is 13.2. The lowest BCUT2D eigenvalue weighted by atomic mass is 9.46. The maximum absolute atomic E-state index is 13.2. The van der Waals surface area contributed by atoms with Gasteiger partial charge in [-0.2, -0.15) is 0 Å². The Bertz CT molecular complexity index is 845. The van der Waals surface area contributed by atoms with Crippen LogP contribution in [0.1, 0.15) is 91.9 Å². The van der Waals surface area contributed by atoms with Gasteiger partial charge in [0.05, 0.1) is 5.92 Å². The summed E-state index contributed by atoms with van der Waals surface area (Å²) in [6.07, 6.45) is 9.78. The molecule has 8 atom stereocenters. The SMILES string of the molecule is C[C@H](CCC[C@H](C)C(=O)O)[C@H]1CC[C@H]2C3=CC(=O)[C@@]4(O)CC(=O)CC[C@]4(C)[C@H]3CC[C@]12C. The minimum atomic E-state index is -1.53. The van der Waals surface area contributed by atoms with Gasteiger partial charge < -0.3 is 10.2 Å². The first-order valence-electron chi connectivity index (χ1n) is 12.7. The molecule has 0 saturated heterocycles. The molecule has 0 aliphatic heterocycles. The van der Waals surface area contributed by atoms with Gasteiger partial charge in [0.25, 0.3) is 0 Å². The van der Waals surface area contributed by atoms with E-state index >= 15 is 0 Å². The first kappa shape index (κ1) is 23.7. The first-order chi connectivity index (χ1) is 14.9. The Morgan fingerprint density at radius 1 is 1.09 bits per heavy atom. The third kappa shape index (κ3) is 3.41. The van der Waals surface area contributed by atoms with Crippen LogP contribution >= 0.6 is 0 Å². The van der Waals surface area contributed by atoms with E-state index < -0.39 is 17.0 Å². The molecule has 4 aliphatic carbocycles. The molecule has 0 unspecified atom stereocenters. The number of hydrogen-bond donors (Lipinski definition) is 2. The molecule has 2 N–H and O–H groups in total. The van der Waals surface area contributed by atoms with Gasteiger partial charge in [-0.1, -0.05) is 46.1 Å². The second kappa shape index (κ2) is 8.07. The van der Waals surface area contributed by atoms with Gasteiger partial charge in [-0.25, -0.2) is 0 Å². The molecule has 5 nitrogen and oxygen atoms in total. The van der Waals surface area contributed by atoms with Crippen molar-refractivity contribution < 1.29 is 24.6 Å². The summed E-state index contributed by atoms with van der Waals surface area (Å²) in [6, 6.07) is 0. The molecule has 3 fully saturated rings. The lowest BCUT2D eigenvalue weighted by Gasteiger charge is -2.59. The van der Waals surface area contributed by atoms with Gasteiger partial charge in [-0.3, -0.25) is 14.4 Å². The van der Waals surface area contributed by atoms with Crippen LogP contribution < -0.4 is 0 Å². The predicted octanol–water partition coefficient (Wildman–Crippen LogP) is 4.96. The van der Waals surface area contributed by atoms with Crippen molar-refractivity contribution >= 4 is 17.5 Å². The fourth-order valence-corrected chi connectivity index (χ4v) is 8.21. The number of hydrogen-bond acceptors (Lipinski definition) is 4. The molecule has 0 bridgehead atoms. The number of ketones is 2. The average molecular weight is 445 g/mol. The quantitative estimate of drug-likeness (QED) is 0.604. The van der Waals surface area contributed by atoms with Crippen molar-refractivity contribution in [2.24, 2.45) is 40.4 Å². The fourth-order valence-electron chi connectivity index (χ4n) is 8.21. The van der Waals surface area contributed by atoms with Gasteiger partial charge in [0, 0.05) is 18.3 Å². The van der Waals surface area contributed by atoms with E-state index in [1.807, 2.05) is 0 Å². The van der Waals surface area contributed by atoms with Crippen LogP contribution in [0.3, 0.4) is 0 Å². The van der Waals surface area contributed by atoms with Crippen LogP contribution in [-0.2, 0) is 14.4 Å². The number of Topliss-reactive ketones (excluding diaryl/α,β-unsaturated/α-hetero) is 1. The highest BCUT2D eigenvalue weighted by Gasteiger charge is 2.65. The molecule has 0 radical (unpaired) electrons. The molecule has 3 saturated carbocycles. The van der Waals surface area contributed by atoms with Gasteiger partial charge in [0.2, 0.25) is 0 Å². The molecule has 0 aromatic carbocycles. The monoisotopic (exact) mass is 444 g/mol. The fraction of sp³-hybridized carbons (Fsp3) is 0.815. The van der Waals surface area contributed by atoms with E-state index in [0.717, 1.165) is 44.9 Å². The van der Waals surface area contributed by atoms with Gasteiger partial charge in [0.1, 0.15) is 11.4 Å². The molecule has 32 heavy (non-hydrogen) atoms. The largest absolute Gasteiger partial charge is 0.481 e. The van der Waals surface area contributed by atoms with Crippen molar-refractivity contribution in [3.8, 4) is 0 Å². The number of carboxylic acids is 1. The average Bonchev–Trinajstić information content (AvgIpc) is 3.07. The highest BCUT2D eigenvalue weighted by atomic mass is 16.4. The van der Waals surface area contributed by atoms with Gasteiger partial charge in [0.15, 0.2) is 5.78 Å². The Kier molecular flexibility index (Phi) is 5.97. The second-order valence-electron chi connectivity index (χ2n) is 12.0. The summed E-state index contributed by atoms with van der Waals surface area (Å²) in [6.45, 7) is 8.56. The topological polar surface area (TPSA) is 91.7 Å². The lowest BCUT2D eigenvalue weighted by Crippen LogP contribution is -2.63. The smallest absolute Gasteiger partial charge is 0.306 e. The Labute approximate surface area is 192 Å². The molecular weight excluding hydrogens is 404 g/mol. The van der Waals surface area contributed by atoms with Gasteiger partial charge in [-0.05, 0) is 73.7 Å². The van der Waals surface area contributed by atoms with Gasteiger partial charge in [-0.15, -0.1) is 0 Å². The van der Waals surface area contributed by atoms with Crippen LogP contribution in [0.5, 0.6) is 0 Å². The van der Waals surface area contributed by atoms with Crippen LogP contribution in [0, 0.1) is 40.4 Å². The number of rotatable bonds is 6. The van der Waals surface area contributed by atoms with Crippen LogP contribution in [0.2, 0.25) is 0 Å². The minimum Gasteiger partial charge on any atom is -0.481 e. The number of allylic oxidation sites excluding steroid dienone is 1. The number of carboxylic acid groups (broad SMARTS) is 1. The van der Waals surface area contributed by atoms with E-state index in [9.17, 15) is 19.5 Å². The summed E-state index contributed by atoms with van der Waals surface area (Å²) in [5, 5.41) is 20.5. The predicted molar refractivity (Wildman–Crippen MR) is 122 cm³/mol. The summed E-state index contributed by atoms with van der Waals surface area (Å²) >= 11 is 0. The minimum absolute atomic E-state index is 0.00259. The van der Waals surface area contributed by atoms with Crippen LogP contribution in [0.15, 0.2) is 11.6 Å². The molecule has 4 rings (SSSR count). The summed E-state index contributed by atoms with van der Waals surface area (Å²) in [5.74, 6) is 0.413. The van der Waals surface area contributed by atoms with Crippen LogP contribution in [0.4, 0.5) is 0 Å². The summed E-state index contributed by atoms with van der Waals surface area (Å²) in [5.41, 5.74) is -0.674. The van der Waals surface area contributed by atoms with Crippen molar-refractivity contribution in [1.29, 1.82) is 0 Å². The van der Waals surface area contributed by atoms with E-state index in [4.69, 9.17) is 5.11 Å². The molecule has 0 aromatic heterocycles. The molecule has 0 spiro atoms. The zero-order valence-electron chi connectivity index (χ0n) is 20.2. The molecular formula is C27H40O5. The van der Waals surface area contributed by atoms with E-state index in [-0.39, 0.29) is 35.2 Å². The van der Waals surface area contributed by atoms with E-state index in [0.29, 0.717) is 30.6 Å². The number of fused-ring (bicyclic) bond motifs is 5. The lowest BCUT2D eigenvalue weighted by molar-refractivity contribution is -0.173. The number of aliphatic hydroxyl groups is 1. The summed E-state index contributed by atoms with van der Waals surface area (Å²) < 4.78 is 0. The molecule has 178 valence electrons. The number of carbonyl (C=O) groups excluding carboxylic acids is 2. The van der Waals surface area contributed by atoms with Crippen LogP contribution in [-0.4, -0.2) is 33.3 Å². The Balaban J connectivity index is 1.54. The van der Waals surface area contributed by atoms with E-state index in [1.54, 1.807) is 13.0 Å². The molecule has 0 heterocycles. The number of aliphatic carboxylic acids is 1. The van der Waals surface area contributed by atoms with Crippen molar-refractivity contribution in [3.63, 3.8) is 0 Å². The Hall–Kier alpha value is -1.49. The van der Waals surface area contributed by atoms with Crippen LogP contribution in [0.25, 0.3) is 0 Å². The van der Waals surface area contributed by atoms with Gasteiger partial charge >= 0.3 is 5.97 Å². The van der Waals surface area contributed by atoms with Crippen molar-refractivity contribution in [3.05, 3.63) is 11.6 Å². The summed E-state index contributed by atoms with van der Waals surface area (Å²) in [4.78, 5) is 36.4. The summed E-state index contributed by atoms with van der Waals surface area (Å²) in [7, 11) is 0. The molecule has 4 aliphatic rings. The zero-order valence-corrected chi connectivity index (χ0v) is 20.2. The Morgan fingerprint density at radius 2 is 1.81 bits per heavy atom. The second-order valence-corrected chi connectivity index (χ2v) is 12.0. The van der Waals surface area contributed by atoms with E-state index in [2.05, 4.69) is 20.8 Å². The highest BCUT2D eigenvalue weighted by molar-refractivity contribution is 6.03. The third-order valence-electron chi connectivity index (χ3n) is 10.4. The third-order valence-corrected chi connectivity index (χ3v) is 10.4. The normalized spacial score (nSPS) is 43.0. The number of carbonyl (C=O) groups is 3. The molecule has 5 heteroatoms. The Morgan fingerprint density at radius 3 is 2.50 bits per heavy atom. The first-order valence-corrected chi connectivity index (χ1v) is 12.7. The maximum Gasteiger partial charge on any atom is 0.306 e. The molecule has 0 amide bonds. The standard InChI is InChI=1S/C27H40O5/c1-16(6-5-7-17(2)24(30)31)20-8-9-21-19-14-23(29)27(32)15-18(28)10-13-26(27,4)22(19)11-12-25(20,21)3/h14,16-17,20-22,32H,5-13,15H2,1-4H3,(H,30,31)/t16-,17+,20-,21+,22+,25-,26-,27+/m1/s1. The zero-order chi connectivity index (χ0) is 23.5. The molecule has 0 aromatic rings.